The number of hydrogen-bond donors (Lipinski definition) is 1. The van der Waals surface area contributed by atoms with Crippen LogP contribution in [-0.4, -0.2) is 37.9 Å². The summed E-state index contributed by atoms with van der Waals surface area (Å²) in [6.07, 6.45) is 11.5. The lowest BCUT2D eigenvalue weighted by molar-refractivity contribution is 0.290. The lowest BCUT2D eigenvalue weighted by atomic mass is 9.93. The van der Waals surface area contributed by atoms with E-state index in [9.17, 15) is 0 Å². The maximum atomic E-state index is 4.67. The van der Waals surface area contributed by atoms with Crippen LogP contribution in [0.3, 0.4) is 0 Å². The summed E-state index contributed by atoms with van der Waals surface area (Å²) >= 11 is 0. The van der Waals surface area contributed by atoms with E-state index in [0.29, 0.717) is 12.1 Å². The minimum atomic E-state index is 0.468. The molecule has 2 aromatic heterocycles. The Balaban J connectivity index is 1.51. The van der Waals surface area contributed by atoms with Gasteiger partial charge in [-0.2, -0.15) is 5.10 Å². The third kappa shape index (κ3) is 2.60. The maximum Gasteiger partial charge on any atom is 0.133 e. The van der Waals surface area contributed by atoms with Gasteiger partial charge in [-0.25, -0.2) is 4.68 Å². The van der Waals surface area contributed by atoms with E-state index in [0.717, 1.165) is 30.9 Å². The van der Waals surface area contributed by atoms with E-state index in [-0.39, 0.29) is 0 Å². The smallest absolute Gasteiger partial charge is 0.133 e. The lowest BCUT2D eigenvalue weighted by Gasteiger charge is -2.25. The molecule has 112 valence electrons. The van der Waals surface area contributed by atoms with Crippen LogP contribution in [0.15, 0.2) is 18.5 Å². The Bertz CT molecular complexity index is 589. The molecular formula is C15H22N6. The SMILES string of the molecule is c1cn(C2CCC2)nc1-c1cn(C2CCCNCC2)nn1. The molecule has 0 spiro atoms. The van der Waals surface area contributed by atoms with Crippen LogP contribution in [0.4, 0.5) is 0 Å². The van der Waals surface area contributed by atoms with Crippen LogP contribution in [-0.2, 0) is 0 Å². The third-order valence-electron chi connectivity index (χ3n) is 4.75. The van der Waals surface area contributed by atoms with E-state index in [1.807, 2.05) is 4.68 Å². The first-order valence-electron chi connectivity index (χ1n) is 8.08. The second-order valence-electron chi connectivity index (χ2n) is 6.18. The molecule has 1 saturated carbocycles. The molecule has 21 heavy (non-hydrogen) atoms. The quantitative estimate of drug-likeness (QED) is 0.939. The summed E-state index contributed by atoms with van der Waals surface area (Å²) < 4.78 is 4.12. The van der Waals surface area contributed by atoms with Crippen molar-refractivity contribution >= 4 is 0 Å². The van der Waals surface area contributed by atoms with Gasteiger partial charge in [-0.15, -0.1) is 5.10 Å². The summed E-state index contributed by atoms with van der Waals surface area (Å²) in [6, 6.07) is 3.12. The van der Waals surface area contributed by atoms with Gasteiger partial charge in [0.15, 0.2) is 0 Å². The first-order chi connectivity index (χ1) is 10.4. The Morgan fingerprint density at radius 2 is 1.81 bits per heavy atom. The van der Waals surface area contributed by atoms with Crippen LogP contribution in [0.2, 0.25) is 0 Å². The molecule has 0 aromatic carbocycles. The van der Waals surface area contributed by atoms with Gasteiger partial charge in [0.05, 0.1) is 18.3 Å². The second kappa shape index (κ2) is 5.60. The molecule has 2 aliphatic rings. The van der Waals surface area contributed by atoms with Crippen LogP contribution in [0.25, 0.3) is 11.4 Å². The molecule has 0 amide bonds. The molecule has 1 N–H and O–H groups in total. The Morgan fingerprint density at radius 1 is 0.952 bits per heavy atom. The predicted molar refractivity (Wildman–Crippen MR) is 79.9 cm³/mol. The minimum absolute atomic E-state index is 0.468. The summed E-state index contributed by atoms with van der Waals surface area (Å²) in [7, 11) is 0. The van der Waals surface area contributed by atoms with Crippen molar-refractivity contribution in [3.05, 3.63) is 18.5 Å². The van der Waals surface area contributed by atoms with Crippen molar-refractivity contribution in [2.75, 3.05) is 13.1 Å². The van der Waals surface area contributed by atoms with Crippen LogP contribution in [0.5, 0.6) is 0 Å². The van der Waals surface area contributed by atoms with E-state index in [1.165, 1.54) is 32.1 Å². The fourth-order valence-electron chi connectivity index (χ4n) is 3.17. The van der Waals surface area contributed by atoms with Crippen LogP contribution >= 0.6 is 0 Å². The van der Waals surface area contributed by atoms with Gasteiger partial charge in [0, 0.05) is 6.20 Å². The van der Waals surface area contributed by atoms with Gasteiger partial charge in [0.25, 0.3) is 0 Å². The van der Waals surface area contributed by atoms with Crippen molar-refractivity contribution in [2.45, 2.75) is 50.6 Å². The van der Waals surface area contributed by atoms with Gasteiger partial charge in [-0.3, -0.25) is 4.68 Å². The summed E-state index contributed by atoms with van der Waals surface area (Å²) in [5.41, 5.74) is 1.84. The molecule has 1 aliphatic carbocycles. The molecule has 6 nitrogen and oxygen atoms in total. The van der Waals surface area contributed by atoms with Gasteiger partial charge < -0.3 is 5.32 Å². The molecule has 0 radical (unpaired) electrons. The summed E-state index contributed by atoms with van der Waals surface area (Å²) in [6.45, 7) is 2.18. The summed E-state index contributed by atoms with van der Waals surface area (Å²) in [5.74, 6) is 0. The van der Waals surface area contributed by atoms with E-state index in [2.05, 4.69) is 43.9 Å². The average molecular weight is 286 g/mol. The number of hydrogen-bond acceptors (Lipinski definition) is 4. The predicted octanol–water partition coefficient (Wildman–Crippen LogP) is 2.18. The highest BCUT2D eigenvalue weighted by Crippen LogP contribution is 2.31. The first kappa shape index (κ1) is 13.0. The maximum absolute atomic E-state index is 4.67. The Labute approximate surface area is 124 Å². The van der Waals surface area contributed by atoms with Gasteiger partial charge in [0.2, 0.25) is 0 Å². The van der Waals surface area contributed by atoms with Crippen molar-refractivity contribution < 1.29 is 0 Å². The molecule has 1 saturated heterocycles. The van der Waals surface area contributed by atoms with E-state index in [4.69, 9.17) is 0 Å². The molecule has 0 bridgehead atoms. The number of nitrogens with one attached hydrogen (secondary N) is 1. The Hall–Kier alpha value is -1.69. The minimum Gasteiger partial charge on any atom is -0.317 e. The molecule has 3 heterocycles. The molecule has 1 unspecified atom stereocenters. The molecular weight excluding hydrogens is 264 g/mol. The van der Waals surface area contributed by atoms with Gasteiger partial charge in [0.1, 0.15) is 11.4 Å². The standard InChI is InChI=1S/C15H22N6/c1-3-12(4-1)20-10-7-14(18-20)15-11-21(19-17-15)13-5-2-8-16-9-6-13/h7,10-13,16H,1-6,8-9H2. The normalized spacial score (nSPS) is 23.7. The Morgan fingerprint density at radius 3 is 2.67 bits per heavy atom. The van der Waals surface area contributed by atoms with Crippen LogP contribution in [0.1, 0.15) is 50.6 Å². The number of aromatic nitrogens is 5. The van der Waals surface area contributed by atoms with Crippen molar-refractivity contribution in [1.82, 2.24) is 30.1 Å². The largest absolute Gasteiger partial charge is 0.317 e. The van der Waals surface area contributed by atoms with Crippen LogP contribution < -0.4 is 5.32 Å². The fraction of sp³-hybridized carbons (Fsp3) is 0.667. The van der Waals surface area contributed by atoms with Crippen LogP contribution in [0, 0.1) is 0 Å². The molecule has 4 rings (SSSR count). The fourth-order valence-corrected chi connectivity index (χ4v) is 3.17. The van der Waals surface area contributed by atoms with Gasteiger partial charge >= 0.3 is 0 Å². The van der Waals surface area contributed by atoms with E-state index in [1.54, 1.807) is 0 Å². The average Bonchev–Trinajstić information content (AvgIpc) is 3.01. The topological polar surface area (TPSA) is 60.6 Å². The van der Waals surface area contributed by atoms with E-state index < -0.39 is 0 Å². The highest BCUT2D eigenvalue weighted by Gasteiger charge is 2.21. The van der Waals surface area contributed by atoms with Crippen molar-refractivity contribution in [3.63, 3.8) is 0 Å². The molecule has 2 fully saturated rings. The van der Waals surface area contributed by atoms with Gasteiger partial charge in [-0.05, 0) is 57.7 Å². The number of rotatable bonds is 3. The molecule has 2 aromatic rings. The van der Waals surface area contributed by atoms with Crippen molar-refractivity contribution in [1.29, 1.82) is 0 Å². The monoisotopic (exact) mass is 286 g/mol. The highest BCUT2D eigenvalue weighted by molar-refractivity contribution is 5.51. The lowest BCUT2D eigenvalue weighted by Crippen LogP contribution is -2.17. The molecule has 1 aliphatic heterocycles. The number of nitrogens with zero attached hydrogens (tertiary/aromatic N) is 5. The zero-order chi connectivity index (χ0) is 14.1. The van der Waals surface area contributed by atoms with Crippen molar-refractivity contribution in [3.8, 4) is 11.4 Å². The third-order valence-corrected chi connectivity index (χ3v) is 4.75. The van der Waals surface area contributed by atoms with E-state index >= 15 is 0 Å². The molecule has 6 heteroatoms. The second-order valence-corrected chi connectivity index (χ2v) is 6.18. The van der Waals surface area contributed by atoms with Crippen molar-refractivity contribution in [2.24, 2.45) is 0 Å². The first-order valence-corrected chi connectivity index (χ1v) is 8.08. The zero-order valence-electron chi connectivity index (χ0n) is 12.3. The molecule has 1 atom stereocenters. The summed E-state index contributed by atoms with van der Waals surface area (Å²) in [5, 5.41) is 16.8. The summed E-state index contributed by atoms with van der Waals surface area (Å²) in [4.78, 5) is 0. The Kier molecular flexibility index (Phi) is 3.47. The van der Waals surface area contributed by atoms with Gasteiger partial charge in [-0.1, -0.05) is 5.21 Å². The highest BCUT2D eigenvalue weighted by atomic mass is 15.4. The zero-order valence-corrected chi connectivity index (χ0v) is 12.3.